The van der Waals surface area contributed by atoms with Crippen molar-refractivity contribution < 1.29 is 44.2 Å². The Morgan fingerprint density at radius 2 is 1.00 bits per heavy atom. The molecule has 4 aromatic carbocycles. The Kier molecular flexibility index (Phi) is 21.4. The van der Waals surface area contributed by atoms with Crippen LogP contribution in [0, 0.1) is 38.5 Å². The second kappa shape index (κ2) is 25.8. The monoisotopic (exact) mass is 979 g/mol. The fourth-order valence-corrected chi connectivity index (χ4v) is 10.1. The highest BCUT2D eigenvalue weighted by atomic mass is 16.6. The lowest BCUT2D eigenvalue weighted by atomic mass is 9.69. The molecular weight excluding hydrogens is 889 g/mol. The summed E-state index contributed by atoms with van der Waals surface area (Å²) in [4.78, 5) is 22.1. The smallest absolute Gasteiger partial charge is 0.306 e. The van der Waals surface area contributed by atoms with E-state index in [2.05, 4.69) is 157 Å². The first kappa shape index (κ1) is 58.9. The molecule has 1 aliphatic rings. The Morgan fingerprint density at radius 3 is 1.34 bits per heavy atom. The van der Waals surface area contributed by atoms with Crippen LogP contribution in [0.25, 0.3) is 0 Å². The number of hydrogen-bond donors (Lipinski definition) is 4. The van der Waals surface area contributed by atoms with Crippen molar-refractivity contribution in [3.8, 4) is 11.5 Å². The number of aliphatic hydroxyl groups is 3. The third kappa shape index (κ3) is 15.7. The average molecular weight is 979 g/mol. The van der Waals surface area contributed by atoms with Crippen molar-refractivity contribution in [2.75, 3.05) is 13.2 Å². The maximum atomic E-state index is 11.3. The highest BCUT2D eigenvalue weighted by molar-refractivity contribution is 5.71. The molecular formula is C62H90O9. The molecule has 0 saturated carbocycles. The van der Waals surface area contributed by atoms with E-state index in [0.717, 1.165) is 74.7 Å². The molecule has 0 amide bonds. The number of aliphatic hydroxyl groups excluding tert-OH is 3. The molecule has 1 heterocycles. The predicted octanol–water partition coefficient (Wildman–Crippen LogP) is 13.2. The molecule has 9 nitrogen and oxygen atoms in total. The molecule has 5 rings (SSSR count). The number of benzene rings is 4. The summed E-state index contributed by atoms with van der Waals surface area (Å²) in [6.07, 6.45) is 6.92. The van der Waals surface area contributed by atoms with Gasteiger partial charge >= 0.3 is 11.9 Å². The quantitative estimate of drug-likeness (QED) is 0.0534. The summed E-state index contributed by atoms with van der Waals surface area (Å²) in [5.41, 5.74) is 12.0. The molecule has 2 unspecified atom stereocenters. The molecule has 9 heteroatoms. The number of aliphatic carboxylic acids is 1. The molecule has 392 valence electrons. The molecule has 4 atom stereocenters. The zero-order chi connectivity index (χ0) is 52.9. The molecule has 0 aliphatic carbocycles. The van der Waals surface area contributed by atoms with Crippen molar-refractivity contribution in [3.63, 3.8) is 0 Å². The second-order valence-corrected chi connectivity index (χ2v) is 22.5. The molecule has 4 N–H and O–H groups in total. The van der Waals surface area contributed by atoms with Crippen LogP contribution < -0.4 is 9.47 Å². The van der Waals surface area contributed by atoms with E-state index in [-0.39, 0.29) is 65.4 Å². The molecule has 71 heavy (non-hydrogen) atoms. The molecule has 0 bridgehead atoms. The van der Waals surface area contributed by atoms with Gasteiger partial charge in [-0.2, -0.15) is 0 Å². The van der Waals surface area contributed by atoms with Gasteiger partial charge in [0.1, 0.15) is 30.8 Å². The van der Waals surface area contributed by atoms with Crippen LogP contribution in [0.5, 0.6) is 11.5 Å². The summed E-state index contributed by atoms with van der Waals surface area (Å²) in [5, 5.41) is 39.7. The number of carboxylic acids is 1. The number of carbonyl (C=O) groups is 2. The second-order valence-electron chi connectivity index (χ2n) is 22.5. The molecule has 0 radical (unpaired) electrons. The zero-order valence-corrected chi connectivity index (χ0v) is 46.0. The number of rotatable bonds is 23. The van der Waals surface area contributed by atoms with Gasteiger partial charge in [-0.3, -0.25) is 9.59 Å². The van der Waals surface area contributed by atoms with E-state index in [4.69, 9.17) is 19.3 Å². The summed E-state index contributed by atoms with van der Waals surface area (Å²) in [5.74, 6) is 0.503. The van der Waals surface area contributed by atoms with E-state index in [1.54, 1.807) is 0 Å². The summed E-state index contributed by atoms with van der Waals surface area (Å²) in [6.45, 7) is 30.4. The summed E-state index contributed by atoms with van der Waals surface area (Å²) < 4.78 is 17.1. The first-order valence-electron chi connectivity index (χ1n) is 26.5. The van der Waals surface area contributed by atoms with Gasteiger partial charge < -0.3 is 34.6 Å². The molecule has 1 saturated heterocycles. The van der Waals surface area contributed by atoms with Crippen molar-refractivity contribution in [1.82, 2.24) is 0 Å². The average Bonchev–Trinajstić information content (AvgIpc) is 3.74. The van der Waals surface area contributed by atoms with E-state index in [1.165, 1.54) is 44.5 Å². The van der Waals surface area contributed by atoms with Crippen LogP contribution in [-0.2, 0) is 38.0 Å². The fourth-order valence-electron chi connectivity index (χ4n) is 10.1. The van der Waals surface area contributed by atoms with Crippen LogP contribution in [0.3, 0.4) is 0 Å². The largest absolute Gasteiger partial charge is 0.491 e. The first-order valence-corrected chi connectivity index (χ1v) is 26.5. The van der Waals surface area contributed by atoms with Gasteiger partial charge in [0.2, 0.25) is 0 Å². The Labute approximate surface area is 427 Å². The Balaban J connectivity index is 0.000000309. The standard InChI is InChI=1S/C31H46O5.C31H44O4/c1-8-31(9-2,24-12-10-23(21(3)18-24)11-16-28(33)30(5,6)7)25-13-15-27(22(4)19-25)36-20-26(32)14-17-29(34)35;1-8-31(9-2,24-12-10-23(21(3)18-24)11-16-28(32)30(5,6)7)25-13-15-27(22(4)19-25)34-20-26-14-17-29(33)35-26/h10,12-13,15,18-19,26,28,32-33H,8-9,11,14,16-17,20H2,1-7H3,(H,34,35);10,12-13,15,18-19,26,28,32H,8-9,11,14,16-17,20H2,1-7H3/t2*26-,28?/m00/s1. The lowest BCUT2D eigenvalue weighted by molar-refractivity contribution is -0.142. The topological polar surface area (TPSA) is 143 Å². The third-order valence-corrected chi connectivity index (χ3v) is 15.5. The summed E-state index contributed by atoms with van der Waals surface area (Å²) >= 11 is 0. The lowest BCUT2D eigenvalue weighted by Crippen LogP contribution is -2.27. The molecule has 1 fully saturated rings. The van der Waals surface area contributed by atoms with Gasteiger partial charge in [0, 0.05) is 23.7 Å². The lowest BCUT2D eigenvalue weighted by Gasteiger charge is -2.34. The van der Waals surface area contributed by atoms with Crippen molar-refractivity contribution in [2.45, 2.75) is 209 Å². The zero-order valence-electron chi connectivity index (χ0n) is 46.0. The maximum absolute atomic E-state index is 11.3. The Bertz CT molecular complexity index is 2340. The van der Waals surface area contributed by atoms with E-state index in [1.807, 2.05) is 13.0 Å². The normalized spacial score (nSPS) is 15.6. The van der Waals surface area contributed by atoms with Crippen LogP contribution >= 0.6 is 0 Å². The molecule has 0 aromatic heterocycles. The minimum Gasteiger partial charge on any atom is -0.491 e. The number of hydrogen-bond acceptors (Lipinski definition) is 8. The van der Waals surface area contributed by atoms with E-state index >= 15 is 0 Å². The molecule has 4 aromatic rings. The summed E-state index contributed by atoms with van der Waals surface area (Å²) in [7, 11) is 0. The van der Waals surface area contributed by atoms with Crippen molar-refractivity contribution >= 4 is 11.9 Å². The van der Waals surface area contributed by atoms with E-state index < -0.39 is 12.1 Å². The van der Waals surface area contributed by atoms with E-state index in [9.17, 15) is 24.9 Å². The number of ether oxygens (including phenoxy) is 3. The highest BCUT2D eigenvalue weighted by Gasteiger charge is 2.34. The number of cyclic esters (lactones) is 1. The van der Waals surface area contributed by atoms with E-state index in [0.29, 0.717) is 18.8 Å². The van der Waals surface area contributed by atoms with Crippen molar-refractivity contribution in [2.24, 2.45) is 10.8 Å². The van der Waals surface area contributed by atoms with Gasteiger partial charge in [0.15, 0.2) is 0 Å². The Morgan fingerprint density at radius 1 is 0.606 bits per heavy atom. The minimum atomic E-state index is -0.921. The third-order valence-electron chi connectivity index (χ3n) is 15.5. The predicted molar refractivity (Wildman–Crippen MR) is 288 cm³/mol. The van der Waals surface area contributed by atoms with Gasteiger partial charge in [-0.05, 0) is 171 Å². The molecule has 0 spiro atoms. The van der Waals surface area contributed by atoms with Gasteiger partial charge in [-0.25, -0.2) is 0 Å². The van der Waals surface area contributed by atoms with Crippen LogP contribution in [0.4, 0.5) is 0 Å². The number of esters is 1. The summed E-state index contributed by atoms with van der Waals surface area (Å²) in [6, 6.07) is 26.4. The van der Waals surface area contributed by atoms with Gasteiger partial charge in [0.25, 0.3) is 0 Å². The minimum absolute atomic E-state index is 0.0709. The van der Waals surface area contributed by atoms with Crippen LogP contribution in [0.2, 0.25) is 0 Å². The Hall–Kier alpha value is -4.70. The van der Waals surface area contributed by atoms with Gasteiger partial charge in [0.05, 0.1) is 18.3 Å². The first-order chi connectivity index (χ1) is 33.3. The number of carbonyl (C=O) groups excluding carboxylic acids is 1. The van der Waals surface area contributed by atoms with Crippen molar-refractivity contribution in [1.29, 1.82) is 0 Å². The SMILES string of the molecule is CCC(CC)(c1ccc(CCC(O)C(C)(C)C)c(C)c1)c1ccc(OC[C@@H](O)CCC(=O)O)c(C)c1.CCC(CC)(c1ccc(CCC(O)C(C)(C)C)c(C)c1)c1ccc(OC[C@@H]2CCC(=O)O2)c(C)c1. The van der Waals surface area contributed by atoms with Crippen LogP contribution in [0.15, 0.2) is 72.8 Å². The number of carboxylic acid groups (broad SMARTS) is 1. The van der Waals surface area contributed by atoms with Crippen molar-refractivity contribution in [3.05, 3.63) is 128 Å². The van der Waals surface area contributed by atoms with Crippen LogP contribution in [-0.4, -0.2) is 70.0 Å². The van der Waals surface area contributed by atoms with Gasteiger partial charge in [-0.1, -0.05) is 130 Å². The highest BCUT2D eigenvalue weighted by Crippen LogP contribution is 2.43. The molecule has 1 aliphatic heterocycles. The van der Waals surface area contributed by atoms with Gasteiger partial charge in [-0.15, -0.1) is 0 Å². The maximum Gasteiger partial charge on any atom is 0.306 e. The number of aryl methyl sites for hydroxylation is 6. The van der Waals surface area contributed by atoms with Crippen LogP contribution in [0.1, 0.15) is 189 Å². The fraction of sp³-hybridized carbons (Fsp3) is 0.581.